The molecule has 0 amide bonds. The number of ether oxygens (including phenoxy) is 1. The molecule has 8 nitrogen and oxygen atoms in total. The summed E-state index contributed by atoms with van der Waals surface area (Å²) in [7, 11) is 1.58. The first-order chi connectivity index (χ1) is 12.1. The van der Waals surface area contributed by atoms with E-state index in [4.69, 9.17) is 17.0 Å². The summed E-state index contributed by atoms with van der Waals surface area (Å²) < 4.78 is 6.96. The van der Waals surface area contributed by atoms with Crippen LogP contribution in [0.3, 0.4) is 0 Å². The largest absolute Gasteiger partial charge is 0.497 e. The Balaban J connectivity index is 1.98. The number of nitro benzene ring substituents is 1. The fraction of sp³-hybridized carbons (Fsp3) is 0.0625. The zero-order valence-electron chi connectivity index (χ0n) is 13.1. The maximum Gasteiger partial charge on any atom is 0.270 e. The monoisotopic (exact) mass is 355 g/mol. The maximum absolute atomic E-state index is 10.9. The number of hydrogen-bond donors (Lipinski definition) is 1. The average molecular weight is 355 g/mol. The van der Waals surface area contributed by atoms with Gasteiger partial charge in [-0.2, -0.15) is 14.9 Å². The standard InChI is InChI=1S/C16H13N5O3S/c1-24-14-7-3-5-12(9-14)15-18-19-16(25)20(15)17-10-11-4-2-6-13(8-11)21(22)23/h2-10H,1H3,(H,19,25)/b17-10-. The molecule has 126 valence electrons. The SMILES string of the molecule is COc1cccc(-c2n[nH]c(=S)n2/N=C\c2cccc([N+](=O)[O-])c2)c1. The van der Waals surface area contributed by atoms with Gasteiger partial charge in [0.1, 0.15) is 5.75 Å². The first-order valence-corrected chi connectivity index (χ1v) is 7.60. The Hall–Kier alpha value is -3.33. The Morgan fingerprint density at radius 1 is 1.32 bits per heavy atom. The van der Waals surface area contributed by atoms with Crippen LogP contribution in [-0.4, -0.2) is 33.1 Å². The van der Waals surface area contributed by atoms with Gasteiger partial charge in [-0.05, 0) is 24.4 Å². The molecule has 1 N–H and O–H groups in total. The molecule has 0 unspecified atom stereocenters. The molecule has 1 heterocycles. The lowest BCUT2D eigenvalue weighted by molar-refractivity contribution is -0.384. The van der Waals surface area contributed by atoms with E-state index >= 15 is 0 Å². The predicted octanol–water partition coefficient (Wildman–Crippen LogP) is 3.41. The van der Waals surface area contributed by atoms with Crippen LogP contribution < -0.4 is 4.74 Å². The number of nitrogens with zero attached hydrogens (tertiary/aromatic N) is 4. The number of hydrogen-bond acceptors (Lipinski definition) is 6. The van der Waals surface area contributed by atoms with Gasteiger partial charge in [-0.25, -0.2) is 5.10 Å². The van der Waals surface area contributed by atoms with Gasteiger partial charge < -0.3 is 4.74 Å². The summed E-state index contributed by atoms with van der Waals surface area (Å²) in [6.45, 7) is 0. The molecular formula is C16H13N5O3S. The second-order valence-electron chi connectivity index (χ2n) is 4.99. The van der Waals surface area contributed by atoms with E-state index in [0.717, 1.165) is 5.56 Å². The zero-order chi connectivity index (χ0) is 17.8. The first kappa shape index (κ1) is 16.5. The fourth-order valence-corrected chi connectivity index (χ4v) is 2.37. The molecule has 0 bridgehead atoms. The van der Waals surface area contributed by atoms with E-state index in [-0.39, 0.29) is 5.69 Å². The lowest BCUT2D eigenvalue weighted by Crippen LogP contribution is -1.96. The number of nitrogens with one attached hydrogen (secondary N) is 1. The van der Waals surface area contributed by atoms with E-state index in [0.29, 0.717) is 21.9 Å². The van der Waals surface area contributed by atoms with Gasteiger partial charge in [-0.1, -0.05) is 24.3 Å². The lowest BCUT2D eigenvalue weighted by atomic mass is 10.2. The topological polar surface area (TPSA) is 98.3 Å². The van der Waals surface area contributed by atoms with Crippen LogP contribution in [-0.2, 0) is 0 Å². The molecule has 0 radical (unpaired) electrons. The summed E-state index contributed by atoms with van der Waals surface area (Å²) in [6, 6.07) is 13.5. The van der Waals surface area contributed by atoms with Crippen molar-refractivity contribution in [2.24, 2.45) is 5.10 Å². The third kappa shape index (κ3) is 3.61. The molecule has 0 saturated heterocycles. The van der Waals surface area contributed by atoms with Crippen LogP contribution in [0.5, 0.6) is 5.75 Å². The Labute approximate surface area is 147 Å². The molecule has 1 aromatic heterocycles. The number of aromatic amines is 1. The van der Waals surface area contributed by atoms with E-state index in [1.165, 1.54) is 23.0 Å². The molecule has 0 atom stereocenters. The molecule has 25 heavy (non-hydrogen) atoms. The highest BCUT2D eigenvalue weighted by molar-refractivity contribution is 7.71. The van der Waals surface area contributed by atoms with E-state index in [1.807, 2.05) is 24.3 Å². The number of nitro groups is 1. The minimum atomic E-state index is -0.456. The molecule has 3 aromatic rings. The highest BCUT2D eigenvalue weighted by atomic mass is 32.1. The van der Waals surface area contributed by atoms with Crippen LogP contribution in [0.25, 0.3) is 11.4 Å². The Morgan fingerprint density at radius 3 is 2.88 bits per heavy atom. The maximum atomic E-state index is 10.9. The molecule has 0 fully saturated rings. The molecule has 0 spiro atoms. The third-order valence-corrected chi connectivity index (χ3v) is 3.65. The van der Waals surface area contributed by atoms with Crippen LogP contribution in [0.15, 0.2) is 53.6 Å². The second-order valence-corrected chi connectivity index (χ2v) is 5.38. The van der Waals surface area contributed by atoms with Gasteiger partial charge in [0, 0.05) is 23.3 Å². The Kier molecular flexibility index (Phi) is 4.66. The number of benzene rings is 2. The number of aromatic nitrogens is 3. The average Bonchev–Trinajstić information content (AvgIpc) is 3.01. The number of H-pyrrole nitrogens is 1. The molecule has 2 aromatic carbocycles. The van der Waals surface area contributed by atoms with E-state index in [1.54, 1.807) is 19.2 Å². The highest BCUT2D eigenvalue weighted by Gasteiger charge is 2.09. The van der Waals surface area contributed by atoms with Gasteiger partial charge in [0.15, 0.2) is 5.82 Å². The van der Waals surface area contributed by atoms with E-state index in [9.17, 15) is 10.1 Å². The number of rotatable bonds is 5. The van der Waals surface area contributed by atoms with Gasteiger partial charge >= 0.3 is 0 Å². The summed E-state index contributed by atoms with van der Waals surface area (Å²) in [6.07, 6.45) is 1.49. The Bertz CT molecular complexity index is 1010. The molecule has 0 aliphatic heterocycles. The van der Waals surface area contributed by atoms with Crippen LogP contribution in [0.1, 0.15) is 5.56 Å². The van der Waals surface area contributed by atoms with Crippen LogP contribution in [0, 0.1) is 14.9 Å². The normalized spacial score (nSPS) is 10.9. The molecule has 0 saturated carbocycles. The van der Waals surface area contributed by atoms with Crippen LogP contribution in [0.4, 0.5) is 5.69 Å². The summed E-state index contributed by atoms with van der Waals surface area (Å²) in [4.78, 5) is 10.4. The van der Waals surface area contributed by atoms with E-state index in [2.05, 4.69) is 15.3 Å². The van der Waals surface area contributed by atoms with Crippen molar-refractivity contribution in [2.75, 3.05) is 7.11 Å². The zero-order valence-corrected chi connectivity index (χ0v) is 13.9. The van der Waals surface area contributed by atoms with Gasteiger partial charge in [-0.15, -0.1) is 0 Å². The number of methoxy groups -OCH3 is 1. The highest BCUT2D eigenvalue weighted by Crippen LogP contribution is 2.22. The van der Waals surface area contributed by atoms with Crippen molar-refractivity contribution >= 4 is 24.1 Å². The smallest absolute Gasteiger partial charge is 0.270 e. The van der Waals surface area contributed by atoms with Gasteiger partial charge in [0.05, 0.1) is 18.2 Å². The predicted molar refractivity (Wildman–Crippen MR) is 95.5 cm³/mol. The Morgan fingerprint density at radius 2 is 2.12 bits per heavy atom. The molecule has 0 aliphatic rings. The molecule has 9 heteroatoms. The van der Waals surface area contributed by atoms with Crippen molar-refractivity contribution in [3.8, 4) is 17.1 Å². The van der Waals surface area contributed by atoms with Gasteiger partial charge in [-0.3, -0.25) is 10.1 Å². The van der Waals surface area contributed by atoms with Crippen molar-refractivity contribution in [2.45, 2.75) is 0 Å². The third-order valence-electron chi connectivity index (χ3n) is 3.38. The minimum absolute atomic E-state index is 0.00670. The summed E-state index contributed by atoms with van der Waals surface area (Å²) in [5.74, 6) is 1.19. The minimum Gasteiger partial charge on any atom is -0.497 e. The quantitative estimate of drug-likeness (QED) is 0.327. The second kappa shape index (κ2) is 7.05. The summed E-state index contributed by atoms with van der Waals surface area (Å²) >= 11 is 5.21. The van der Waals surface area contributed by atoms with Crippen LogP contribution in [0.2, 0.25) is 0 Å². The summed E-state index contributed by atoms with van der Waals surface area (Å²) in [5.41, 5.74) is 1.34. The van der Waals surface area contributed by atoms with E-state index < -0.39 is 4.92 Å². The fourth-order valence-electron chi connectivity index (χ4n) is 2.19. The van der Waals surface area contributed by atoms with Gasteiger partial charge in [0.2, 0.25) is 4.77 Å². The molecular weight excluding hydrogens is 342 g/mol. The van der Waals surface area contributed by atoms with Crippen molar-refractivity contribution < 1.29 is 9.66 Å². The van der Waals surface area contributed by atoms with Gasteiger partial charge in [0.25, 0.3) is 5.69 Å². The van der Waals surface area contributed by atoms with Crippen molar-refractivity contribution in [1.29, 1.82) is 0 Å². The van der Waals surface area contributed by atoms with Crippen molar-refractivity contribution in [3.05, 3.63) is 69.0 Å². The van der Waals surface area contributed by atoms with Crippen molar-refractivity contribution in [1.82, 2.24) is 14.9 Å². The lowest BCUT2D eigenvalue weighted by Gasteiger charge is -2.03. The molecule has 0 aliphatic carbocycles. The van der Waals surface area contributed by atoms with Crippen molar-refractivity contribution in [3.63, 3.8) is 0 Å². The number of non-ortho nitro benzene ring substituents is 1. The summed E-state index contributed by atoms with van der Waals surface area (Å²) in [5, 5.41) is 22.0. The first-order valence-electron chi connectivity index (χ1n) is 7.19. The van der Waals surface area contributed by atoms with Crippen LogP contribution >= 0.6 is 12.2 Å². The molecule has 3 rings (SSSR count).